The number of carbonyl (C=O) groups excluding carboxylic acids is 1. The summed E-state index contributed by atoms with van der Waals surface area (Å²) in [7, 11) is 0. The Labute approximate surface area is 114 Å². The van der Waals surface area contributed by atoms with E-state index in [1.807, 2.05) is 6.92 Å². The number of carboxylic acids is 1. The minimum atomic E-state index is -0.902. The molecule has 2 amide bonds. The molecule has 2 atom stereocenters. The molecule has 0 aromatic rings. The number of aliphatic carboxylic acids is 1. The molecule has 110 valence electrons. The normalized spacial score (nSPS) is 21.3. The number of hydrogen-bond acceptors (Lipinski definition) is 3. The van der Waals surface area contributed by atoms with Gasteiger partial charge < -0.3 is 20.1 Å². The molecule has 0 radical (unpaired) electrons. The van der Waals surface area contributed by atoms with Crippen molar-refractivity contribution in [3.63, 3.8) is 0 Å². The molecule has 2 N–H and O–H groups in total. The number of nitrogens with zero attached hydrogens (tertiary/aromatic N) is 1. The van der Waals surface area contributed by atoms with Crippen molar-refractivity contribution < 1.29 is 19.4 Å². The van der Waals surface area contributed by atoms with Gasteiger partial charge in [0.05, 0.1) is 19.1 Å². The summed E-state index contributed by atoms with van der Waals surface area (Å²) in [5.74, 6) is -0.523. The van der Waals surface area contributed by atoms with Crippen LogP contribution in [-0.2, 0) is 9.53 Å². The molecule has 0 bridgehead atoms. The molecule has 1 fully saturated rings. The predicted molar refractivity (Wildman–Crippen MR) is 71.0 cm³/mol. The number of nitrogens with one attached hydrogen (secondary N) is 1. The van der Waals surface area contributed by atoms with E-state index in [4.69, 9.17) is 9.84 Å². The fourth-order valence-electron chi connectivity index (χ4n) is 2.21. The fraction of sp³-hybridized carbons (Fsp3) is 0.846. The number of carboxylic acid groups (broad SMARTS) is 1. The van der Waals surface area contributed by atoms with Gasteiger partial charge in [0.25, 0.3) is 0 Å². The smallest absolute Gasteiger partial charge is 0.317 e. The largest absolute Gasteiger partial charge is 0.481 e. The van der Waals surface area contributed by atoms with Gasteiger partial charge in [0.2, 0.25) is 0 Å². The minimum absolute atomic E-state index is 0.0643. The minimum Gasteiger partial charge on any atom is -0.481 e. The Bertz CT molecular complexity index is 320. The van der Waals surface area contributed by atoms with E-state index in [0.29, 0.717) is 25.6 Å². The summed E-state index contributed by atoms with van der Waals surface area (Å²) in [4.78, 5) is 24.4. The predicted octanol–water partition coefficient (Wildman–Crippen LogP) is 1.31. The lowest BCUT2D eigenvalue weighted by Crippen LogP contribution is -2.52. The zero-order valence-corrected chi connectivity index (χ0v) is 11.9. The molecular weight excluding hydrogens is 248 g/mol. The van der Waals surface area contributed by atoms with Gasteiger partial charge in [-0.25, -0.2) is 4.79 Å². The van der Waals surface area contributed by atoms with E-state index in [-0.39, 0.29) is 18.5 Å². The molecule has 1 aliphatic heterocycles. The fourth-order valence-corrected chi connectivity index (χ4v) is 2.21. The molecule has 2 unspecified atom stereocenters. The second-order valence-electron chi connectivity index (χ2n) is 5.24. The standard InChI is InChI=1S/C13H24N2O4/c1-4-11(9(2)3)14-13(18)15-5-6-19-10(8-15)7-12(16)17/h9-11H,4-8H2,1-3H3,(H,14,18)(H,16,17). The summed E-state index contributed by atoms with van der Waals surface area (Å²) < 4.78 is 5.35. The first-order valence-electron chi connectivity index (χ1n) is 6.82. The van der Waals surface area contributed by atoms with Gasteiger partial charge in [-0.3, -0.25) is 4.79 Å². The Kier molecular flexibility index (Phi) is 6.08. The lowest BCUT2D eigenvalue weighted by atomic mass is 10.0. The number of hydrogen-bond donors (Lipinski definition) is 2. The molecule has 6 heteroatoms. The van der Waals surface area contributed by atoms with E-state index in [0.717, 1.165) is 6.42 Å². The Morgan fingerprint density at radius 3 is 2.68 bits per heavy atom. The van der Waals surface area contributed by atoms with Crippen LogP contribution in [0.5, 0.6) is 0 Å². The van der Waals surface area contributed by atoms with E-state index < -0.39 is 12.1 Å². The van der Waals surface area contributed by atoms with E-state index in [9.17, 15) is 9.59 Å². The number of morpholine rings is 1. The maximum Gasteiger partial charge on any atom is 0.317 e. The van der Waals surface area contributed by atoms with Gasteiger partial charge in [0.1, 0.15) is 0 Å². The average molecular weight is 272 g/mol. The van der Waals surface area contributed by atoms with Crippen molar-refractivity contribution in [1.82, 2.24) is 10.2 Å². The molecule has 0 aromatic heterocycles. The number of rotatable bonds is 5. The second kappa shape index (κ2) is 7.33. The van der Waals surface area contributed by atoms with Crippen molar-refractivity contribution in [2.24, 2.45) is 5.92 Å². The molecule has 0 aliphatic carbocycles. The Morgan fingerprint density at radius 2 is 2.16 bits per heavy atom. The van der Waals surface area contributed by atoms with Crippen LogP contribution in [0, 0.1) is 5.92 Å². The monoisotopic (exact) mass is 272 g/mol. The van der Waals surface area contributed by atoms with Crippen LogP contribution in [-0.4, -0.2) is 53.8 Å². The maximum atomic E-state index is 12.1. The summed E-state index contributed by atoms with van der Waals surface area (Å²) in [6.07, 6.45) is 0.411. The molecule has 0 saturated carbocycles. The molecule has 0 aromatic carbocycles. The van der Waals surface area contributed by atoms with Crippen LogP contribution in [0.3, 0.4) is 0 Å². The van der Waals surface area contributed by atoms with Gasteiger partial charge >= 0.3 is 12.0 Å². The second-order valence-corrected chi connectivity index (χ2v) is 5.24. The van der Waals surface area contributed by atoms with Crippen LogP contribution in [0.1, 0.15) is 33.6 Å². The quantitative estimate of drug-likeness (QED) is 0.791. The van der Waals surface area contributed by atoms with E-state index in [1.165, 1.54) is 0 Å². The third-order valence-electron chi connectivity index (χ3n) is 3.38. The topological polar surface area (TPSA) is 78.9 Å². The van der Waals surface area contributed by atoms with E-state index in [1.54, 1.807) is 4.90 Å². The van der Waals surface area contributed by atoms with Gasteiger partial charge in [-0.2, -0.15) is 0 Å². The van der Waals surface area contributed by atoms with Crippen LogP contribution in [0.25, 0.3) is 0 Å². The maximum absolute atomic E-state index is 12.1. The first kappa shape index (κ1) is 15.8. The van der Waals surface area contributed by atoms with Crippen molar-refractivity contribution in [2.75, 3.05) is 19.7 Å². The number of amides is 2. The summed E-state index contributed by atoms with van der Waals surface area (Å²) in [6.45, 7) is 7.42. The molecule has 1 aliphatic rings. The van der Waals surface area contributed by atoms with Crippen LogP contribution in [0.15, 0.2) is 0 Å². The Balaban J connectivity index is 2.49. The van der Waals surface area contributed by atoms with Crippen molar-refractivity contribution in [3.05, 3.63) is 0 Å². The third kappa shape index (κ3) is 5.06. The number of ether oxygens (including phenoxy) is 1. The van der Waals surface area contributed by atoms with Gasteiger partial charge in [-0.15, -0.1) is 0 Å². The highest BCUT2D eigenvalue weighted by molar-refractivity contribution is 5.75. The van der Waals surface area contributed by atoms with Gasteiger partial charge in [0, 0.05) is 19.1 Å². The van der Waals surface area contributed by atoms with Crippen LogP contribution < -0.4 is 5.32 Å². The molecule has 1 rings (SSSR count). The van der Waals surface area contributed by atoms with Crippen molar-refractivity contribution in [1.29, 1.82) is 0 Å². The first-order valence-corrected chi connectivity index (χ1v) is 6.82. The highest BCUT2D eigenvalue weighted by Gasteiger charge is 2.27. The molecule has 1 saturated heterocycles. The van der Waals surface area contributed by atoms with Crippen molar-refractivity contribution in [3.8, 4) is 0 Å². The first-order chi connectivity index (χ1) is 8.93. The molecular formula is C13H24N2O4. The lowest BCUT2D eigenvalue weighted by molar-refractivity contribution is -0.141. The molecule has 0 spiro atoms. The van der Waals surface area contributed by atoms with Gasteiger partial charge in [-0.1, -0.05) is 20.8 Å². The SMILES string of the molecule is CCC(NC(=O)N1CCOC(CC(=O)O)C1)C(C)C. The third-order valence-corrected chi connectivity index (χ3v) is 3.38. The molecule has 1 heterocycles. The average Bonchev–Trinajstić information content (AvgIpc) is 2.34. The summed E-state index contributed by atoms with van der Waals surface area (Å²) >= 11 is 0. The van der Waals surface area contributed by atoms with Crippen LogP contribution in [0.2, 0.25) is 0 Å². The lowest BCUT2D eigenvalue weighted by Gasteiger charge is -2.34. The van der Waals surface area contributed by atoms with E-state index >= 15 is 0 Å². The molecule has 19 heavy (non-hydrogen) atoms. The van der Waals surface area contributed by atoms with Crippen LogP contribution >= 0.6 is 0 Å². The summed E-state index contributed by atoms with van der Waals surface area (Å²) in [6, 6.07) is 0.0208. The Hall–Kier alpha value is -1.30. The van der Waals surface area contributed by atoms with Crippen LogP contribution in [0.4, 0.5) is 4.79 Å². The van der Waals surface area contributed by atoms with Gasteiger partial charge in [-0.05, 0) is 12.3 Å². The van der Waals surface area contributed by atoms with Crippen molar-refractivity contribution in [2.45, 2.75) is 45.8 Å². The summed E-state index contributed by atoms with van der Waals surface area (Å²) in [5, 5.41) is 11.7. The number of urea groups is 1. The van der Waals surface area contributed by atoms with Gasteiger partial charge in [0.15, 0.2) is 0 Å². The highest BCUT2D eigenvalue weighted by Crippen LogP contribution is 2.11. The Morgan fingerprint density at radius 1 is 1.47 bits per heavy atom. The molecule has 6 nitrogen and oxygen atoms in total. The van der Waals surface area contributed by atoms with Crippen molar-refractivity contribution >= 4 is 12.0 Å². The zero-order chi connectivity index (χ0) is 14.4. The zero-order valence-electron chi connectivity index (χ0n) is 11.9. The van der Waals surface area contributed by atoms with E-state index in [2.05, 4.69) is 19.2 Å². The highest BCUT2D eigenvalue weighted by atomic mass is 16.5. The number of carbonyl (C=O) groups is 2. The summed E-state index contributed by atoms with van der Waals surface area (Å²) in [5.41, 5.74) is 0.